The number of carbonyl (C=O) groups excluding carboxylic acids is 4. The highest BCUT2D eigenvalue weighted by atomic mass is 32.2. The normalized spacial score (nSPS) is 17.7. The van der Waals surface area contributed by atoms with Crippen LogP contribution < -0.4 is 0 Å². The number of amides is 3. The topological polar surface area (TPSA) is 189 Å². The van der Waals surface area contributed by atoms with Crippen molar-refractivity contribution < 1.29 is 59.1 Å². The number of hydrogen-bond acceptors (Lipinski definition) is 13. The summed E-state index contributed by atoms with van der Waals surface area (Å²) in [6.07, 6.45) is 0. The first kappa shape index (κ1) is 33.9. The van der Waals surface area contributed by atoms with Crippen molar-refractivity contribution in [2.75, 3.05) is 35.5 Å². The van der Waals surface area contributed by atoms with E-state index in [2.05, 4.69) is 0 Å². The summed E-state index contributed by atoms with van der Waals surface area (Å²) < 4.78 is 80.9. The first-order valence-electron chi connectivity index (χ1n) is 12.0. The van der Waals surface area contributed by atoms with Crippen LogP contribution >= 0.6 is 7.57 Å². The maximum absolute atomic E-state index is 14.5. The zero-order chi connectivity index (χ0) is 32.5. The molecule has 2 aromatic carbocycles. The molecule has 43 heavy (non-hydrogen) atoms. The van der Waals surface area contributed by atoms with E-state index in [-0.39, 0.29) is 4.31 Å². The van der Waals surface area contributed by atoms with Crippen molar-refractivity contribution in [2.24, 2.45) is 0 Å². The minimum absolute atomic E-state index is 0.345. The molecule has 1 fully saturated rings. The fraction of sp³-hybridized carbons (Fsp3) is 0.320. The standard InChI is InChI=1S/C25H29N2O13PS2/c1-16-8-12-18(13-9-16)42(32,33)26-22(29)25(23(30)37-4,20(21(28)36-3)41(38-5,39-6)40-7)27(24(26)31)43(34,35)19-14-10-17(2)11-15-19/h8-15H,1-7H3. The average Bonchev–Trinajstić information content (AvgIpc) is 3.22. The van der Waals surface area contributed by atoms with Gasteiger partial charge in [0.1, 0.15) is 0 Å². The van der Waals surface area contributed by atoms with E-state index in [9.17, 15) is 36.0 Å². The number of sulfonamides is 2. The van der Waals surface area contributed by atoms with Crippen LogP contribution in [0.3, 0.4) is 0 Å². The molecule has 0 saturated carbocycles. The van der Waals surface area contributed by atoms with Gasteiger partial charge >= 0.3 is 18.0 Å². The van der Waals surface area contributed by atoms with Crippen LogP contribution in [0.2, 0.25) is 0 Å². The molecule has 1 heterocycles. The number of rotatable bonds is 10. The van der Waals surface area contributed by atoms with Gasteiger partial charge in [0.25, 0.3) is 39.1 Å². The highest BCUT2D eigenvalue weighted by molar-refractivity contribution is 7.91. The Morgan fingerprint density at radius 1 is 0.698 bits per heavy atom. The van der Waals surface area contributed by atoms with Gasteiger partial charge in [0.15, 0.2) is 5.29 Å². The first-order valence-corrected chi connectivity index (χ1v) is 16.4. The lowest BCUT2D eigenvalue weighted by molar-refractivity contribution is -0.152. The summed E-state index contributed by atoms with van der Waals surface area (Å²) in [4.78, 5) is 54.7. The van der Waals surface area contributed by atoms with Crippen LogP contribution in [-0.2, 0) is 57.5 Å². The number of methoxy groups -OCH3 is 2. The Labute approximate surface area is 248 Å². The van der Waals surface area contributed by atoms with Gasteiger partial charge in [0.05, 0.1) is 24.0 Å². The summed E-state index contributed by atoms with van der Waals surface area (Å²) in [5.74, 6) is -5.49. The summed E-state index contributed by atoms with van der Waals surface area (Å²) in [5, 5.41) is -1.28. The predicted molar refractivity (Wildman–Crippen MR) is 151 cm³/mol. The number of carbonyl (C=O) groups is 4. The Morgan fingerprint density at radius 2 is 1.12 bits per heavy atom. The van der Waals surface area contributed by atoms with E-state index in [0.29, 0.717) is 11.1 Å². The number of benzene rings is 2. The summed E-state index contributed by atoms with van der Waals surface area (Å²) in [6, 6.07) is 7.59. The van der Waals surface area contributed by atoms with Crippen LogP contribution in [0.25, 0.3) is 0 Å². The van der Waals surface area contributed by atoms with Crippen LogP contribution in [0, 0.1) is 13.8 Å². The van der Waals surface area contributed by atoms with E-state index < -0.39 is 76.4 Å². The molecule has 1 atom stereocenters. The third-order valence-corrected chi connectivity index (χ3v) is 12.4. The number of hydrogen-bond donors (Lipinski definition) is 0. The second-order valence-corrected chi connectivity index (χ2v) is 15.0. The Hall–Kier alpha value is -3.60. The molecular formula is C25H29N2O13PS2. The summed E-state index contributed by atoms with van der Waals surface area (Å²) >= 11 is 0. The molecule has 3 rings (SSSR count). The third-order valence-electron chi connectivity index (χ3n) is 6.46. The quantitative estimate of drug-likeness (QED) is 0.155. The van der Waals surface area contributed by atoms with Gasteiger partial charge in [0.2, 0.25) is 0 Å². The lowest BCUT2D eigenvalue weighted by atomic mass is 9.95. The SMILES string of the molecule is COC(=O)C(C1(C(=O)OC)C(=O)N(S(=O)(=O)c2ccc(C)cc2)C(=O)N1S(=O)(=O)c1ccc(C)cc1)=P(OC)(OC)OC. The molecule has 3 amide bonds. The fourth-order valence-electron chi connectivity index (χ4n) is 4.34. The number of ether oxygens (including phenoxy) is 2. The Bertz CT molecular complexity index is 1720. The highest BCUT2D eigenvalue weighted by Crippen LogP contribution is 2.55. The molecule has 0 bridgehead atoms. The van der Waals surface area contributed by atoms with Crippen LogP contribution in [0.1, 0.15) is 11.1 Å². The van der Waals surface area contributed by atoms with Gasteiger partial charge < -0.3 is 23.0 Å². The van der Waals surface area contributed by atoms with E-state index >= 15 is 0 Å². The first-order chi connectivity index (χ1) is 20.1. The number of imide groups is 1. The van der Waals surface area contributed by atoms with Crippen LogP contribution in [0.4, 0.5) is 4.79 Å². The van der Waals surface area contributed by atoms with Crippen molar-refractivity contribution in [3.8, 4) is 0 Å². The molecule has 0 radical (unpaired) electrons. The van der Waals surface area contributed by atoms with Crippen molar-refractivity contribution in [1.29, 1.82) is 0 Å². The molecule has 1 aliphatic heterocycles. The molecule has 1 saturated heterocycles. The van der Waals surface area contributed by atoms with Gasteiger partial charge in [-0.3, -0.25) is 4.79 Å². The summed E-state index contributed by atoms with van der Waals surface area (Å²) in [6.45, 7) is 3.27. The molecule has 15 nitrogen and oxygen atoms in total. The van der Waals surface area contributed by atoms with Gasteiger partial charge in [-0.25, -0.2) is 31.2 Å². The molecule has 0 aromatic heterocycles. The molecule has 234 valence electrons. The highest BCUT2D eigenvalue weighted by Gasteiger charge is 2.75. The molecule has 2 aromatic rings. The van der Waals surface area contributed by atoms with E-state index in [0.717, 1.165) is 59.8 Å². The van der Waals surface area contributed by atoms with Crippen molar-refractivity contribution in [3.63, 3.8) is 0 Å². The number of nitrogens with zero attached hydrogens (tertiary/aromatic N) is 2. The van der Waals surface area contributed by atoms with Gasteiger partial charge in [-0.15, -0.1) is 4.31 Å². The predicted octanol–water partition coefficient (Wildman–Crippen LogP) is 1.60. The molecular weight excluding hydrogens is 631 g/mol. The van der Waals surface area contributed by atoms with Crippen molar-refractivity contribution in [1.82, 2.24) is 8.61 Å². The minimum Gasteiger partial charge on any atom is -0.467 e. The van der Waals surface area contributed by atoms with Gasteiger partial charge in [-0.1, -0.05) is 35.4 Å². The average molecular weight is 661 g/mol. The van der Waals surface area contributed by atoms with Gasteiger partial charge in [-0.05, 0) is 38.1 Å². The Kier molecular flexibility index (Phi) is 9.60. The number of aryl methyl sites for hydroxylation is 2. The van der Waals surface area contributed by atoms with Crippen molar-refractivity contribution in [3.05, 3.63) is 59.7 Å². The monoisotopic (exact) mass is 660 g/mol. The minimum atomic E-state index is -5.38. The number of esters is 2. The molecule has 1 aliphatic rings. The van der Waals surface area contributed by atoms with Crippen molar-refractivity contribution in [2.45, 2.75) is 29.2 Å². The second kappa shape index (κ2) is 12.2. The molecule has 0 N–H and O–H groups in total. The van der Waals surface area contributed by atoms with E-state index in [1.165, 1.54) is 24.3 Å². The van der Waals surface area contributed by atoms with Crippen molar-refractivity contribution >= 4 is 56.8 Å². The van der Waals surface area contributed by atoms with Gasteiger partial charge in [-0.2, -0.15) is 4.31 Å². The zero-order valence-electron chi connectivity index (χ0n) is 24.1. The second-order valence-electron chi connectivity index (χ2n) is 8.84. The molecule has 18 heteroatoms. The summed E-state index contributed by atoms with van der Waals surface area (Å²) in [7, 11) is -10.8. The lowest BCUT2D eigenvalue weighted by Gasteiger charge is -2.35. The van der Waals surface area contributed by atoms with Crippen LogP contribution in [-0.4, -0.2) is 95.7 Å². The van der Waals surface area contributed by atoms with E-state index in [4.69, 9.17) is 23.0 Å². The Morgan fingerprint density at radius 3 is 1.49 bits per heavy atom. The fourth-order valence-corrected chi connectivity index (χ4v) is 9.36. The maximum atomic E-state index is 14.5. The van der Waals surface area contributed by atoms with E-state index in [1.807, 2.05) is 0 Å². The zero-order valence-corrected chi connectivity index (χ0v) is 26.6. The van der Waals surface area contributed by atoms with Crippen LogP contribution in [0.15, 0.2) is 58.3 Å². The molecule has 1 unspecified atom stereocenters. The lowest BCUT2D eigenvalue weighted by Crippen LogP contribution is -2.66. The van der Waals surface area contributed by atoms with Crippen LogP contribution in [0.5, 0.6) is 0 Å². The van der Waals surface area contributed by atoms with Gasteiger partial charge in [0, 0.05) is 21.3 Å². The molecule has 0 spiro atoms. The smallest absolute Gasteiger partial charge is 0.357 e. The molecule has 0 aliphatic carbocycles. The number of urea groups is 1. The summed E-state index contributed by atoms with van der Waals surface area (Å²) in [5.41, 5.74) is -2.52. The Balaban J connectivity index is 2.65. The van der Waals surface area contributed by atoms with E-state index in [1.54, 1.807) is 13.8 Å². The maximum Gasteiger partial charge on any atom is 0.357 e. The third kappa shape index (κ3) is 5.15. The largest absolute Gasteiger partial charge is 0.467 e.